The molecule has 0 saturated carbocycles. The van der Waals surface area contributed by atoms with E-state index >= 15 is 0 Å². The molecule has 0 spiro atoms. The average Bonchev–Trinajstić information content (AvgIpc) is 2.66. The summed E-state index contributed by atoms with van der Waals surface area (Å²) in [4.78, 5) is 2.24. The summed E-state index contributed by atoms with van der Waals surface area (Å²) >= 11 is 0. The Labute approximate surface area is 120 Å². The molecule has 112 valence electrons. The first kappa shape index (κ1) is 15.4. The molecular weight excluding hydrogens is 258 g/mol. The topological polar surface area (TPSA) is 15.3 Å². The Bertz CT molecular complexity index is 444. The van der Waals surface area contributed by atoms with Crippen molar-refractivity contribution < 1.29 is 8.78 Å². The molecule has 1 N–H and O–H groups in total. The summed E-state index contributed by atoms with van der Waals surface area (Å²) in [6.07, 6.45) is 3.13. The van der Waals surface area contributed by atoms with Crippen LogP contribution in [0.3, 0.4) is 0 Å². The highest BCUT2D eigenvalue weighted by Gasteiger charge is 2.30. The van der Waals surface area contributed by atoms with Gasteiger partial charge in [0.25, 0.3) is 0 Å². The van der Waals surface area contributed by atoms with Gasteiger partial charge in [-0.1, -0.05) is 13.8 Å². The van der Waals surface area contributed by atoms with Gasteiger partial charge >= 0.3 is 0 Å². The third-order valence-corrected chi connectivity index (χ3v) is 4.43. The Morgan fingerprint density at radius 3 is 2.70 bits per heavy atom. The fraction of sp³-hybridized carbons (Fsp3) is 0.625. The summed E-state index contributed by atoms with van der Waals surface area (Å²) in [5.74, 6) is -0.686. The van der Waals surface area contributed by atoms with E-state index < -0.39 is 0 Å². The normalized spacial score (nSPS) is 19.8. The summed E-state index contributed by atoms with van der Waals surface area (Å²) in [6.45, 7) is 7.64. The van der Waals surface area contributed by atoms with Crippen molar-refractivity contribution in [1.82, 2.24) is 10.2 Å². The molecule has 1 aromatic carbocycles. The van der Waals surface area contributed by atoms with Crippen LogP contribution in [0.15, 0.2) is 18.2 Å². The summed E-state index contributed by atoms with van der Waals surface area (Å²) in [7, 11) is 0. The van der Waals surface area contributed by atoms with E-state index in [-0.39, 0.29) is 17.2 Å². The van der Waals surface area contributed by atoms with Gasteiger partial charge in [-0.05, 0) is 50.6 Å². The van der Waals surface area contributed by atoms with Crippen LogP contribution in [-0.4, -0.2) is 30.1 Å². The number of benzene rings is 1. The lowest BCUT2D eigenvalue weighted by atomic mass is 9.92. The number of hydrogen-bond donors (Lipinski definition) is 1. The summed E-state index contributed by atoms with van der Waals surface area (Å²) in [5.41, 5.74) is 0.549. The number of nitrogens with one attached hydrogen (secondary N) is 1. The largest absolute Gasteiger partial charge is 0.310 e. The van der Waals surface area contributed by atoms with Crippen LogP contribution in [0.2, 0.25) is 0 Å². The van der Waals surface area contributed by atoms with E-state index in [0.717, 1.165) is 38.9 Å². The molecule has 1 aliphatic heterocycles. The van der Waals surface area contributed by atoms with Crippen molar-refractivity contribution in [2.24, 2.45) is 0 Å². The number of halogens is 2. The Morgan fingerprint density at radius 2 is 2.00 bits per heavy atom. The van der Waals surface area contributed by atoms with Gasteiger partial charge in [0.15, 0.2) is 0 Å². The summed E-state index contributed by atoms with van der Waals surface area (Å²) in [6, 6.07) is 3.70. The predicted molar refractivity (Wildman–Crippen MR) is 77.6 cm³/mol. The molecule has 1 aromatic rings. The lowest BCUT2D eigenvalue weighted by Gasteiger charge is -2.35. The quantitative estimate of drug-likeness (QED) is 0.911. The second-order valence-electron chi connectivity index (χ2n) is 5.71. The van der Waals surface area contributed by atoms with Crippen LogP contribution in [0.5, 0.6) is 0 Å². The average molecular weight is 282 g/mol. The van der Waals surface area contributed by atoms with E-state index in [1.807, 2.05) is 0 Å². The molecule has 0 aromatic heterocycles. The lowest BCUT2D eigenvalue weighted by Crippen LogP contribution is -2.50. The van der Waals surface area contributed by atoms with E-state index in [0.29, 0.717) is 12.1 Å². The SMILES string of the molecule is CCC1(CC)CN(Cc2cc(F)ccc2F)CCCN1. The van der Waals surface area contributed by atoms with Crippen LogP contribution in [0.25, 0.3) is 0 Å². The van der Waals surface area contributed by atoms with Crippen molar-refractivity contribution in [3.63, 3.8) is 0 Å². The van der Waals surface area contributed by atoms with Gasteiger partial charge in [0.05, 0.1) is 0 Å². The van der Waals surface area contributed by atoms with Crippen molar-refractivity contribution in [3.8, 4) is 0 Å². The Hall–Kier alpha value is -1.00. The Kier molecular flexibility index (Phi) is 5.11. The van der Waals surface area contributed by atoms with Gasteiger partial charge in [0.1, 0.15) is 11.6 Å². The van der Waals surface area contributed by atoms with Gasteiger partial charge in [-0.3, -0.25) is 4.90 Å². The maximum atomic E-state index is 13.8. The zero-order valence-electron chi connectivity index (χ0n) is 12.4. The van der Waals surface area contributed by atoms with Crippen molar-refractivity contribution in [2.75, 3.05) is 19.6 Å². The van der Waals surface area contributed by atoms with Gasteiger partial charge in [-0.2, -0.15) is 0 Å². The third-order valence-electron chi connectivity index (χ3n) is 4.43. The van der Waals surface area contributed by atoms with Crippen molar-refractivity contribution >= 4 is 0 Å². The monoisotopic (exact) mass is 282 g/mol. The molecule has 0 amide bonds. The van der Waals surface area contributed by atoms with Crippen LogP contribution in [0.1, 0.15) is 38.7 Å². The molecule has 0 atom stereocenters. The minimum absolute atomic E-state index is 0.0975. The highest BCUT2D eigenvalue weighted by Crippen LogP contribution is 2.22. The summed E-state index contributed by atoms with van der Waals surface area (Å²) < 4.78 is 27.0. The maximum Gasteiger partial charge on any atom is 0.127 e. The first-order valence-electron chi connectivity index (χ1n) is 7.50. The molecule has 1 aliphatic rings. The molecule has 0 unspecified atom stereocenters. The minimum atomic E-state index is -0.369. The number of rotatable bonds is 4. The Morgan fingerprint density at radius 1 is 1.25 bits per heavy atom. The molecule has 2 nitrogen and oxygen atoms in total. The van der Waals surface area contributed by atoms with E-state index in [1.54, 1.807) is 0 Å². The first-order valence-corrected chi connectivity index (χ1v) is 7.50. The second-order valence-corrected chi connectivity index (χ2v) is 5.71. The van der Waals surface area contributed by atoms with Gasteiger partial charge in [-0.25, -0.2) is 8.78 Å². The van der Waals surface area contributed by atoms with Gasteiger partial charge in [-0.15, -0.1) is 0 Å². The van der Waals surface area contributed by atoms with Crippen LogP contribution >= 0.6 is 0 Å². The van der Waals surface area contributed by atoms with Gasteiger partial charge in [0.2, 0.25) is 0 Å². The van der Waals surface area contributed by atoms with E-state index in [2.05, 4.69) is 24.1 Å². The molecule has 1 fully saturated rings. The molecule has 2 rings (SSSR count). The highest BCUT2D eigenvalue weighted by atomic mass is 19.1. The predicted octanol–water partition coefficient (Wildman–Crippen LogP) is 3.32. The van der Waals surface area contributed by atoms with Crippen LogP contribution < -0.4 is 5.32 Å². The second kappa shape index (κ2) is 6.64. The van der Waals surface area contributed by atoms with Crippen molar-refractivity contribution in [2.45, 2.75) is 45.2 Å². The molecule has 4 heteroatoms. The molecule has 0 bridgehead atoms. The standard InChI is InChI=1S/C16H24F2N2/c1-3-16(4-2)12-20(9-5-8-19-16)11-13-10-14(17)6-7-15(13)18/h6-7,10,19H,3-5,8-9,11-12H2,1-2H3. The van der Waals surface area contributed by atoms with Crippen LogP contribution in [0.4, 0.5) is 8.78 Å². The zero-order chi connectivity index (χ0) is 14.6. The Balaban J connectivity index is 2.13. The molecule has 0 aliphatic carbocycles. The van der Waals surface area contributed by atoms with Crippen molar-refractivity contribution in [3.05, 3.63) is 35.4 Å². The first-order chi connectivity index (χ1) is 9.58. The number of nitrogens with zero attached hydrogens (tertiary/aromatic N) is 1. The number of hydrogen-bond acceptors (Lipinski definition) is 2. The van der Waals surface area contributed by atoms with E-state index in [9.17, 15) is 8.78 Å². The third kappa shape index (κ3) is 3.55. The molecular formula is C16H24F2N2. The zero-order valence-corrected chi connectivity index (χ0v) is 12.4. The lowest BCUT2D eigenvalue weighted by molar-refractivity contribution is 0.189. The minimum Gasteiger partial charge on any atom is -0.310 e. The van der Waals surface area contributed by atoms with Crippen molar-refractivity contribution in [1.29, 1.82) is 0 Å². The molecule has 1 heterocycles. The smallest absolute Gasteiger partial charge is 0.127 e. The van der Waals surface area contributed by atoms with Gasteiger partial charge < -0.3 is 5.32 Å². The molecule has 20 heavy (non-hydrogen) atoms. The van der Waals surface area contributed by atoms with Crippen LogP contribution in [-0.2, 0) is 6.54 Å². The fourth-order valence-corrected chi connectivity index (χ4v) is 2.98. The maximum absolute atomic E-state index is 13.8. The van der Waals surface area contributed by atoms with E-state index in [4.69, 9.17) is 0 Å². The van der Waals surface area contributed by atoms with E-state index in [1.165, 1.54) is 18.2 Å². The summed E-state index contributed by atoms with van der Waals surface area (Å²) in [5, 5.41) is 3.63. The fourth-order valence-electron chi connectivity index (χ4n) is 2.98. The molecule has 1 saturated heterocycles. The van der Waals surface area contributed by atoms with Gasteiger partial charge in [0, 0.05) is 24.2 Å². The van der Waals surface area contributed by atoms with Crippen LogP contribution in [0, 0.1) is 11.6 Å². The molecule has 0 radical (unpaired) electrons. The highest BCUT2D eigenvalue weighted by molar-refractivity contribution is 5.18.